The van der Waals surface area contributed by atoms with Crippen molar-refractivity contribution in [3.8, 4) is 5.75 Å². The highest BCUT2D eigenvalue weighted by molar-refractivity contribution is 6.04. The Morgan fingerprint density at radius 3 is 2.86 bits per heavy atom. The van der Waals surface area contributed by atoms with Crippen LogP contribution in [0, 0.1) is 0 Å². The number of ether oxygens (including phenoxy) is 2. The van der Waals surface area contributed by atoms with Crippen molar-refractivity contribution >= 4 is 11.7 Å². The number of hydrogen-bond acceptors (Lipinski definition) is 7. The lowest BCUT2D eigenvalue weighted by Crippen LogP contribution is -2.41. The molecule has 3 atom stereocenters. The fourth-order valence-corrected chi connectivity index (χ4v) is 3.30. The number of carbonyl (C=O) groups excluding carboxylic acids is 1. The first-order chi connectivity index (χ1) is 13.8. The number of aliphatic hydroxyl groups is 2. The van der Waals surface area contributed by atoms with Crippen LogP contribution in [-0.4, -0.2) is 57.0 Å². The normalized spacial score (nSPS) is 24.8. The summed E-state index contributed by atoms with van der Waals surface area (Å²) < 4.78 is 39.2. The summed E-state index contributed by atoms with van der Waals surface area (Å²) in [6, 6.07) is 6.06. The number of alkyl halides is 2. The Balaban J connectivity index is 1.53. The van der Waals surface area contributed by atoms with Crippen molar-refractivity contribution in [3.05, 3.63) is 52.1 Å². The Kier molecular flexibility index (Phi) is 4.81. The highest BCUT2D eigenvalue weighted by atomic mass is 19.3. The molecule has 0 bridgehead atoms. The van der Waals surface area contributed by atoms with Crippen LogP contribution in [0.5, 0.6) is 5.75 Å². The summed E-state index contributed by atoms with van der Waals surface area (Å²) in [7, 11) is 0. The second kappa shape index (κ2) is 7.17. The van der Waals surface area contributed by atoms with Gasteiger partial charge in [-0.05, 0) is 29.8 Å². The summed E-state index contributed by atoms with van der Waals surface area (Å²) in [6.07, 6.45) is -4.28. The number of halogens is 2. The van der Waals surface area contributed by atoms with Crippen LogP contribution in [0.3, 0.4) is 0 Å². The molecule has 4 rings (SSSR count). The first-order valence-corrected chi connectivity index (χ1v) is 8.79. The minimum Gasteiger partial charge on any atom is -0.493 e. The van der Waals surface area contributed by atoms with E-state index in [1.165, 1.54) is 0 Å². The molecule has 3 N–H and O–H groups in total. The van der Waals surface area contributed by atoms with Crippen molar-refractivity contribution < 1.29 is 33.3 Å². The van der Waals surface area contributed by atoms with Gasteiger partial charge in [0, 0.05) is 18.2 Å². The Hall–Kier alpha value is -2.89. The topological polar surface area (TPSA) is 123 Å². The average molecular weight is 409 g/mol. The van der Waals surface area contributed by atoms with Crippen LogP contribution in [0.1, 0.15) is 22.1 Å². The zero-order valence-electron chi connectivity index (χ0n) is 14.9. The number of aromatic nitrogens is 2. The molecule has 154 valence electrons. The van der Waals surface area contributed by atoms with E-state index in [4.69, 9.17) is 14.6 Å². The lowest BCUT2D eigenvalue weighted by molar-refractivity contribution is -0.140. The number of nitrogens with one attached hydrogen (secondary N) is 1. The van der Waals surface area contributed by atoms with Crippen LogP contribution in [0.4, 0.5) is 14.6 Å². The van der Waals surface area contributed by atoms with E-state index in [1.54, 1.807) is 18.2 Å². The van der Waals surface area contributed by atoms with E-state index in [0.29, 0.717) is 28.9 Å². The summed E-state index contributed by atoms with van der Waals surface area (Å²) in [5.41, 5.74) is 0.110. The molecule has 0 saturated carbocycles. The van der Waals surface area contributed by atoms with E-state index < -0.39 is 42.6 Å². The van der Waals surface area contributed by atoms with E-state index in [0.717, 1.165) is 17.8 Å². The third-order valence-electron chi connectivity index (χ3n) is 4.84. The molecule has 9 nitrogen and oxygen atoms in total. The van der Waals surface area contributed by atoms with Gasteiger partial charge in [-0.2, -0.15) is 13.8 Å². The molecule has 29 heavy (non-hydrogen) atoms. The molecule has 2 aromatic rings. The molecule has 0 spiro atoms. The van der Waals surface area contributed by atoms with Crippen LogP contribution in [0.15, 0.2) is 35.3 Å². The molecule has 11 heteroatoms. The monoisotopic (exact) mass is 409 g/mol. The molecule has 2 aliphatic heterocycles. The molecule has 0 unspecified atom stereocenters. The Labute approximate surface area is 162 Å². The van der Waals surface area contributed by atoms with E-state index in [9.17, 15) is 23.5 Å². The van der Waals surface area contributed by atoms with Gasteiger partial charge in [-0.25, -0.2) is 4.79 Å². The number of anilines is 1. The van der Waals surface area contributed by atoms with Crippen molar-refractivity contribution in [3.63, 3.8) is 0 Å². The van der Waals surface area contributed by atoms with Gasteiger partial charge in [0.1, 0.15) is 17.7 Å². The van der Waals surface area contributed by atoms with E-state index >= 15 is 0 Å². The molecule has 2 aliphatic rings. The second-order valence-electron chi connectivity index (χ2n) is 6.71. The molecule has 1 amide bonds. The van der Waals surface area contributed by atoms with Gasteiger partial charge in [0.05, 0.1) is 13.2 Å². The summed E-state index contributed by atoms with van der Waals surface area (Å²) in [5.74, 6) is -3.75. The number of fused-ring (bicyclic) bond motifs is 1. The van der Waals surface area contributed by atoms with Gasteiger partial charge in [-0.15, -0.1) is 0 Å². The maximum absolute atomic E-state index is 14.2. The quantitative estimate of drug-likeness (QED) is 0.665. The van der Waals surface area contributed by atoms with Crippen LogP contribution in [0.25, 0.3) is 0 Å². The van der Waals surface area contributed by atoms with Gasteiger partial charge >= 0.3 is 11.6 Å². The zero-order chi connectivity index (χ0) is 20.8. The van der Waals surface area contributed by atoms with E-state index in [2.05, 4.69) is 10.3 Å². The smallest absolute Gasteiger partial charge is 0.351 e. The lowest BCUT2D eigenvalue weighted by atomic mass is 10.1. The van der Waals surface area contributed by atoms with Gasteiger partial charge in [-0.3, -0.25) is 9.36 Å². The SMILES string of the molecule is O=C(Nc1ccn([C@@H]2O[C@H](CO)[C@@H](O)C2(F)F)c(=O)n1)c1ccc2c(c1)CCO2. The molecule has 0 aliphatic carbocycles. The minimum atomic E-state index is -3.81. The van der Waals surface area contributed by atoms with Crippen LogP contribution in [0.2, 0.25) is 0 Å². The van der Waals surface area contributed by atoms with Gasteiger partial charge < -0.3 is 25.0 Å². The number of nitrogens with zero attached hydrogens (tertiary/aromatic N) is 2. The first kappa shape index (κ1) is 19.4. The largest absolute Gasteiger partial charge is 0.493 e. The van der Waals surface area contributed by atoms with Crippen molar-refractivity contribution in [2.24, 2.45) is 0 Å². The Bertz CT molecular complexity index is 1010. The number of hydrogen-bond donors (Lipinski definition) is 3. The fourth-order valence-electron chi connectivity index (χ4n) is 3.30. The standard InChI is InChI=1S/C18H17F2N3O6/c19-18(20)14(25)12(8-24)29-16(18)23-5-3-13(22-17(23)27)21-15(26)10-1-2-11-9(7-10)4-6-28-11/h1-3,5,7,12,14,16,24-25H,4,6,8H2,(H,21,22,26,27)/t12-,14-,16-/m1/s1. The number of aliphatic hydroxyl groups excluding tert-OH is 2. The lowest BCUT2D eigenvalue weighted by Gasteiger charge is -2.21. The van der Waals surface area contributed by atoms with Crippen LogP contribution < -0.4 is 15.7 Å². The molecule has 1 fully saturated rings. The highest BCUT2D eigenvalue weighted by Gasteiger charge is 2.59. The van der Waals surface area contributed by atoms with E-state index in [-0.39, 0.29) is 5.82 Å². The molecular weight excluding hydrogens is 392 g/mol. The Morgan fingerprint density at radius 1 is 1.38 bits per heavy atom. The van der Waals surface area contributed by atoms with Gasteiger partial charge in [0.25, 0.3) is 5.91 Å². The average Bonchev–Trinajstić information content (AvgIpc) is 3.24. The molecular formula is C18H17F2N3O6. The summed E-state index contributed by atoms with van der Waals surface area (Å²) in [6.45, 7) is -0.296. The van der Waals surface area contributed by atoms with Crippen molar-refractivity contribution in [2.45, 2.75) is 30.8 Å². The summed E-state index contributed by atoms with van der Waals surface area (Å²) in [4.78, 5) is 28.2. The van der Waals surface area contributed by atoms with Gasteiger partial charge in [-0.1, -0.05) is 0 Å². The minimum absolute atomic E-state index is 0.131. The number of carbonyl (C=O) groups is 1. The third-order valence-corrected chi connectivity index (χ3v) is 4.84. The number of rotatable bonds is 4. The van der Waals surface area contributed by atoms with Crippen LogP contribution in [-0.2, 0) is 11.2 Å². The van der Waals surface area contributed by atoms with Crippen molar-refractivity contribution in [1.82, 2.24) is 9.55 Å². The molecule has 1 saturated heterocycles. The second-order valence-corrected chi connectivity index (χ2v) is 6.71. The number of benzene rings is 1. The molecule has 1 aromatic carbocycles. The fraction of sp³-hybridized carbons (Fsp3) is 0.389. The molecule has 1 aromatic heterocycles. The first-order valence-electron chi connectivity index (χ1n) is 8.79. The van der Waals surface area contributed by atoms with Gasteiger partial charge in [0.2, 0.25) is 6.23 Å². The number of amides is 1. The Morgan fingerprint density at radius 2 is 2.17 bits per heavy atom. The maximum Gasteiger partial charge on any atom is 0.351 e. The molecule has 0 radical (unpaired) electrons. The predicted octanol–water partition coefficient (Wildman–Crippen LogP) is 0.316. The van der Waals surface area contributed by atoms with Crippen molar-refractivity contribution in [1.29, 1.82) is 0 Å². The maximum atomic E-state index is 14.2. The third kappa shape index (κ3) is 3.37. The van der Waals surface area contributed by atoms with Crippen molar-refractivity contribution in [2.75, 3.05) is 18.5 Å². The van der Waals surface area contributed by atoms with Gasteiger partial charge in [0.15, 0.2) is 6.10 Å². The molecule has 3 heterocycles. The summed E-state index contributed by atoms with van der Waals surface area (Å²) >= 11 is 0. The predicted molar refractivity (Wildman–Crippen MR) is 94.0 cm³/mol. The summed E-state index contributed by atoms with van der Waals surface area (Å²) in [5, 5.41) is 21.0. The zero-order valence-corrected chi connectivity index (χ0v) is 14.9. The van der Waals surface area contributed by atoms with E-state index in [1.807, 2.05) is 0 Å². The highest BCUT2D eigenvalue weighted by Crippen LogP contribution is 2.42. The van der Waals surface area contributed by atoms with Crippen LogP contribution >= 0.6 is 0 Å².